The summed E-state index contributed by atoms with van der Waals surface area (Å²) in [5.41, 5.74) is 1.13. The fourth-order valence-corrected chi connectivity index (χ4v) is 4.21. The zero-order valence-electron chi connectivity index (χ0n) is 14.3. The van der Waals surface area contributed by atoms with Crippen LogP contribution in [0, 0.1) is 10.1 Å². The lowest BCUT2D eigenvalue weighted by molar-refractivity contribution is -0.384. The third kappa shape index (κ3) is 4.88. The summed E-state index contributed by atoms with van der Waals surface area (Å²) in [5.74, 6) is -0.0864. The van der Waals surface area contributed by atoms with Crippen molar-refractivity contribution in [2.75, 3.05) is 32.7 Å². The molecule has 0 atom stereocenters. The highest BCUT2D eigenvalue weighted by molar-refractivity contribution is 7.18. The molecular formula is C18H20ClN3O3S. The van der Waals surface area contributed by atoms with Gasteiger partial charge in [-0.2, -0.15) is 0 Å². The summed E-state index contributed by atoms with van der Waals surface area (Å²) in [6.45, 7) is 5.40. The average molecular weight is 394 g/mol. The van der Waals surface area contributed by atoms with E-state index >= 15 is 0 Å². The van der Waals surface area contributed by atoms with Crippen LogP contribution in [0.25, 0.3) is 0 Å². The number of thiophene rings is 1. The fourth-order valence-electron chi connectivity index (χ4n) is 3.02. The molecule has 2 heterocycles. The number of carbonyl (C=O) groups excluding carboxylic acids is 1. The maximum Gasteiger partial charge on any atom is 0.299 e. The van der Waals surface area contributed by atoms with E-state index in [1.54, 1.807) is 0 Å². The number of piperazine rings is 1. The first-order valence-electron chi connectivity index (χ1n) is 8.48. The quantitative estimate of drug-likeness (QED) is 0.407. The Labute approximate surface area is 161 Å². The maximum atomic E-state index is 12.3. The fraction of sp³-hybridized carbons (Fsp3) is 0.389. The topological polar surface area (TPSA) is 66.7 Å². The molecule has 0 N–H and O–H groups in total. The first kappa shape index (κ1) is 19.0. The molecule has 1 aromatic carbocycles. The zero-order valence-corrected chi connectivity index (χ0v) is 15.8. The molecule has 8 heteroatoms. The molecular weight excluding hydrogens is 374 g/mol. The molecule has 0 unspecified atom stereocenters. The van der Waals surface area contributed by atoms with Crippen molar-refractivity contribution < 1.29 is 9.72 Å². The van der Waals surface area contributed by atoms with Crippen molar-refractivity contribution in [3.8, 4) is 0 Å². The van der Waals surface area contributed by atoms with Crippen LogP contribution < -0.4 is 0 Å². The van der Waals surface area contributed by atoms with E-state index in [1.165, 1.54) is 11.6 Å². The lowest BCUT2D eigenvalue weighted by Gasteiger charge is -2.34. The van der Waals surface area contributed by atoms with Gasteiger partial charge in [-0.05, 0) is 5.56 Å². The second-order valence-electron chi connectivity index (χ2n) is 6.30. The average Bonchev–Trinajstić information content (AvgIpc) is 3.04. The summed E-state index contributed by atoms with van der Waals surface area (Å²) in [7, 11) is 0. The minimum atomic E-state index is -0.554. The van der Waals surface area contributed by atoms with Crippen LogP contribution in [0.1, 0.15) is 21.7 Å². The van der Waals surface area contributed by atoms with Gasteiger partial charge in [-0.3, -0.25) is 19.8 Å². The van der Waals surface area contributed by atoms with Gasteiger partial charge in [-0.25, -0.2) is 0 Å². The first-order valence-corrected chi connectivity index (χ1v) is 9.68. The van der Waals surface area contributed by atoms with E-state index in [0.29, 0.717) is 17.8 Å². The van der Waals surface area contributed by atoms with Gasteiger partial charge >= 0.3 is 0 Å². The second-order valence-corrected chi connectivity index (χ2v) is 7.96. The van der Waals surface area contributed by atoms with Gasteiger partial charge in [0.15, 0.2) is 10.1 Å². The van der Waals surface area contributed by atoms with E-state index < -0.39 is 4.92 Å². The lowest BCUT2D eigenvalue weighted by atomic mass is 10.2. The number of nitrogens with zero attached hydrogens (tertiary/aromatic N) is 3. The summed E-state index contributed by atoms with van der Waals surface area (Å²) < 4.78 is 0.0628. The van der Waals surface area contributed by atoms with Crippen molar-refractivity contribution in [1.82, 2.24) is 9.80 Å². The van der Waals surface area contributed by atoms with Crippen LogP contribution in [-0.4, -0.2) is 53.2 Å². The van der Waals surface area contributed by atoms with Crippen LogP contribution in [0.3, 0.4) is 0 Å². The van der Waals surface area contributed by atoms with E-state index in [-0.39, 0.29) is 15.8 Å². The molecule has 1 fully saturated rings. The Hall–Kier alpha value is -1.80. The Morgan fingerprint density at radius 3 is 2.42 bits per heavy atom. The van der Waals surface area contributed by atoms with Crippen LogP contribution in [0.4, 0.5) is 5.69 Å². The van der Waals surface area contributed by atoms with Crippen molar-refractivity contribution in [1.29, 1.82) is 0 Å². The smallest absolute Gasteiger partial charge is 0.299 e. The molecule has 6 nitrogen and oxygen atoms in total. The molecule has 1 saturated heterocycles. The van der Waals surface area contributed by atoms with Gasteiger partial charge in [-0.1, -0.05) is 41.9 Å². The number of hydrogen-bond donors (Lipinski definition) is 0. The van der Waals surface area contributed by atoms with Gasteiger partial charge in [0, 0.05) is 51.8 Å². The van der Waals surface area contributed by atoms with Gasteiger partial charge in [0.1, 0.15) is 0 Å². The van der Waals surface area contributed by atoms with Gasteiger partial charge in [0.25, 0.3) is 5.69 Å². The molecule has 138 valence electrons. The SMILES string of the molecule is O=C(CCN1CCN(Cc2ccccc2)CC1)c1cc([N+](=O)[O-])c(Cl)s1. The summed E-state index contributed by atoms with van der Waals surface area (Å²) in [6, 6.07) is 11.7. The first-order chi connectivity index (χ1) is 12.5. The van der Waals surface area contributed by atoms with Gasteiger partial charge in [0.05, 0.1) is 9.80 Å². The number of Topliss-reactive ketones (excluding diaryl/α,β-unsaturated/α-hetero) is 1. The number of rotatable bonds is 7. The highest BCUT2D eigenvalue weighted by atomic mass is 35.5. The van der Waals surface area contributed by atoms with Crippen LogP contribution in [-0.2, 0) is 6.54 Å². The Bertz CT molecular complexity index is 773. The zero-order chi connectivity index (χ0) is 18.5. The maximum absolute atomic E-state index is 12.3. The van der Waals surface area contributed by atoms with E-state index in [2.05, 4.69) is 34.1 Å². The number of ketones is 1. The van der Waals surface area contributed by atoms with Gasteiger partial charge in [-0.15, -0.1) is 11.3 Å². The largest absolute Gasteiger partial charge is 0.300 e. The molecule has 0 bridgehead atoms. The Morgan fingerprint density at radius 2 is 1.81 bits per heavy atom. The van der Waals surface area contributed by atoms with Crippen molar-refractivity contribution in [3.63, 3.8) is 0 Å². The molecule has 0 saturated carbocycles. The molecule has 0 amide bonds. The minimum Gasteiger partial charge on any atom is -0.300 e. The number of halogens is 1. The van der Waals surface area contributed by atoms with Crippen LogP contribution in [0.15, 0.2) is 36.4 Å². The molecule has 1 aliphatic heterocycles. The van der Waals surface area contributed by atoms with E-state index in [0.717, 1.165) is 44.1 Å². The van der Waals surface area contributed by atoms with E-state index in [9.17, 15) is 14.9 Å². The predicted octanol–water partition coefficient (Wildman–Crippen LogP) is 3.70. The molecule has 3 rings (SSSR count). The van der Waals surface area contributed by atoms with Crippen LogP contribution in [0.2, 0.25) is 4.34 Å². The number of carbonyl (C=O) groups is 1. The lowest BCUT2D eigenvalue weighted by Crippen LogP contribution is -2.46. The predicted molar refractivity (Wildman–Crippen MR) is 103 cm³/mol. The van der Waals surface area contributed by atoms with Gasteiger partial charge in [0.2, 0.25) is 0 Å². The molecule has 1 aliphatic rings. The summed E-state index contributed by atoms with van der Waals surface area (Å²) >= 11 is 6.81. The van der Waals surface area contributed by atoms with Crippen molar-refractivity contribution in [2.24, 2.45) is 0 Å². The highest BCUT2D eigenvalue weighted by Gasteiger charge is 2.22. The van der Waals surface area contributed by atoms with Gasteiger partial charge < -0.3 is 4.90 Å². The van der Waals surface area contributed by atoms with E-state index in [1.807, 2.05) is 6.07 Å². The molecule has 0 aliphatic carbocycles. The third-order valence-electron chi connectivity index (χ3n) is 4.51. The summed E-state index contributed by atoms with van der Waals surface area (Å²) in [4.78, 5) is 27.6. The number of nitro groups is 1. The van der Waals surface area contributed by atoms with Crippen molar-refractivity contribution in [2.45, 2.75) is 13.0 Å². The second kappa shape index (κ2) is 8.73. The normalized spacial score (nSPS) is 15.9. The van der Waals surface area contributed by atoms with Crippen LogP contribution in [0.5, 0.6) is 0 Å². The molecule has 1 aromatic heterocycles. The Balaban J connectivity index is 1.44. The molecule has 2 aromatic rings. The number of hydrogen-bond acceptors (Lipinski definition) is 6. The van der Waals surface area contributed by atoms with Crippen molar-refractivity contribution in [3.05, 3.63) is 61.3 Å². The monoisotopic (exact) mass is 393 g/mol. The number of benzene rings is 1. The Kier molecular flexibility index (Phi) is 6.37. The third-order valence-corrected chi connectivity index (χ3v) is 5.89. The standard InChI is InChI=1S/C18H20ClN3O3S/c19-18-15(22(24)25)12-17(26-18)16(23)6-7-20-8-10-21(11-9-20)13-14-4-2-1-3-5-14/h1-5,12H,6-11,13H2. The Morgan fingerprint density at radius 1 is 1.15 bits per heavy atom. The molecule has 26 heavy (non-hydrogen) atoms. The van der Waals surface area contributed by atoms with Crippen molar-refractivity contribution >= 4 is 34.4 Å². The minimum absolute atomic E-state index is 0.0628. The van der Waals surface area contributed by atoms with E-state index in [4.69, 9.17) is 11.6 Å². The van der Waals surface area contributed by atoms with Crippen LogP contribution >= 0.6 is 22.9 Å². The highest BCUT2D eigenvalue weighted by Crippen LogP contribution is 2.34. The molecule has 0 spiro atoms. The summed E-state index contributed by atoms with van der Waals surface area (Å²) in [6.07, 6.45) is 0.354. The summed E-state index contributed by atoms with van der Waals surface area (Å²) in [5, 5.41) is 10.8. The molecule has 0 radical (unpaired) electrons.